The lowest BCUT2D eigenvalue weighted by atomic mass is 10.1. The third-order valence-corrected chi connectivity index (χ3v) is 3.10. The number of aromatic hydroxyl groups is 1. The summed E-state index contributed by atoms with van der Waals surface area (Å²) in [5.74, 6) is -0.0950. The first kappa shape index (κ1) is 13.5. The average Bonchev–Trinajstić information content (AvgIpc) is 2.38. The molecule has 0 amide bonds. The van der Waals surface area contributed by atoms with Gasteiger partial charge in [0.05, 0.1) is 6.20 Å². The number of hydrogen-bond donors (Lipinski definition) is 2. The van der Waals surface area contributed by atoms with E-state index in [-0.39, 0.29) is 23.7 Å². The van der Waals surface area contributed by atoms with Crippen molar-refractivity contribution in [3.05, 3.63) is 59.7 Å². The van der Waals surface area contributed by atoms with Crippen LogP contribution in [0.2, 0.25) is 0 Å². The Morgan fingerprint density at radius 1 is 1.11 bits per heavy atom. The van der Waals surface area contributed by atoms with Gasteiger partial charge >= 0.3 is 0 Å². The molecule has 2 unspecified atom stereocenters. The first-order chi connectivity index (χ1) is 9.06. The Bertz CT molecular complexity index is 510. The molecule has 0 aliphatic heterocycles. The topological polar surface area (TPSA) is 45.2 Å². The average molecular weight is 260 g/mol. The molecule has 0 spiro atoms. The molecule has 2 atom stereocenters. The first-order valence-electron chi connectivity index (χ1n) is 6.21. The van der Waals surface area contributed by atoms with Crippen LogP contribution in [-0.4, -0.2) is 10.1 Å². The molecule has 1 heterocycles. The number of benzene rings is 1. The molecule has 2 rings (SSSR count). The van der Waals surface area contributed by atoms with Gasteiger partial charge in [-0.05, 0) is 43.2 Å². The Balaban J connectivity index is 2.08. The minimum Gasteiger partial charge on any atom is -0.508 e. The smallest absolute Gasteiger partial charge is 0.141 e. The van der Waals surface area contributed by atoms with Crippen molar-refractivity contribution in [3.63, 3.8) is 0 Å². The van der Waals surface area contributed by atoms with E-state index in [4.69, 9.17) is 0 Å². The van der Waals surface area contributed by atoms with Crippen molar-refractivity contribution in [2.24, 2.45) is 0 Å². The Morgan fingerprint density at radius 2 is 1.84 bits per heavy atom. The molecule has 0 saturated heterocycles. The van der Waals surface area contributed by atoms with E-state index < -0.39 is 0 Å². The molecule has 1 aromatic carbocycles. The van der Waals surface area contributed by atoms with Gasteiger partial charge in [0.15, 0.2) is 0 Å². The summed E-state index contributed by atoms with van der Waals surface area (Å²) in [5, 5.41) is 12.8. The lowest BCUT2D eigenvalue weighted by Gasteiger charge is -2.20. The van der Waals surface area contributed by atoms with Crippen LogP contribution in [0.3, 0.4) is 0 Å². The van der Waals surface area contributed by atoms with Gasteiger partial charge in [0.2, 0.25) is 0 Å². The number of phenols is 1. The van der Waals surface area contributed by atoms with Crippen molar-refractivity contribution in [1.29, 1.82) is 0 Å². The zero-order chi connectivity index (χ0) is 13.8. The predicted octanol–water partition coefficient (Wildman–Crippen LogP) is 3.34. The fourth-order valence-corrected chi connectivity index (χ4v) is 2.03. The van der Waals surface area contributed by atoms with Crippen LogP contribution >= 0.6 is 0 Å². The number of aromatic nitrogens is 1. The maximum Gasteiger partial charge on any atom is 0.141 e. The molecule has 100 valence electrons. The molecule has 1 aromatic heterocycles. The van der Waals surface area contributed by atoms with Gasteiger partial charge in [0.25, 0.3) is 0 Å². The summed E-state index contributed by atoms with van der Waals surface area (Å²) in [7, 11) is 0. The molecule has 3 nitrogen and oxygen atoms in total. The van der Waals surface area contributed by atoms with Crippen LogP contribution in [0.1, 0.15) is 37.1 Å². The predicted molar refractivity (Wildman–Crippen MR) is 72.3 cm³/mol. The number of nitrogens with one attached hydrogen (secondary N) is 1. The third kappa shape index (κ3) is 3.51. The van der Waals surface area contributed by atoms with E-state index in [1.165, 1.54) is 12.3 Å². The second-order valence-electron chi connectivity index (χ2n) is 4.64. The molecule has 0 fully saturated rings. The lowest BCUT2D eigenvalue weighted by Crippen LogP contribution is -2.22. The van der Waals surface area contributed by atoms with Gasteiger partial charge in [-0.15, -0.1) is 0 Å². The Morgan fingerprint density at radius 3 is 2.53 bits per heavy atom. The van der Waals surface area contributed by atoms with Crippen molar-refractivity contribution >= 4 is 0 Å². The second kappa shape index (κ2) is 5.80. The largest absolute Gasteiger partial charge is 0.508 e. The molecule has 0 saturated carbocycles. The standard InChI is InChI=1S/C15H17FN2O/c1-10(12-4-3-5-15(19)7-12)18-11(2)13-6-14(16)9-17-8-13/h3-11,18-19H,1-2H3. The summed E-state index contributed by atoms with van der Waals surface area (Å²) in [6.07, 6.45) is 2.84. The number of hydrogen-bond acceptors (Lipinski definition) is 3. The third-order valence-electron chi connectivity index (χ3n) is 3.10. The van der Waals surface area contributed by atoms with Gasteiger partial charge in [0, 0.05) is 18.3 Å². The van der Waals surface area contributed by atoms with Gasteiger partial charge in [0.1, 0.15) is 11.6 Å². The number of pyridine rings is 1. The molecule has 2 aromatic rings. The summed E-state index contributed by atoms with van der Waals surface area (Å²) < 4.78 is 13.1. The first-order valence-corrected chi connectivity index (χ1v) is 6.21. The fourth-order valence-electron chi connectivity index (χ4n) is 2.03. The highest BCUT2D eigenvalue weighted by atomic mass is 19.1. The molecule has 0 radical (unpaired) electrons. The normalized spacial score (nSPS) is 14.1. The number of rotatable bonds is 4. The van der Waals surface area contributed by atoms with Crippen molar-refractivity contribution in [2.45, 2.75) is 25.9 Å². The lowest BCUT2D eigenvalue weighted by molar-refractivity contribution is 0.465. The van der Waals surface area contributed by atoms with E-state index in [1.54, 1.807) is 24.4 Å². The molecule has 4 heteroatoms. The highest BCUT2D eigenvalue weighted by Crippen LogP contribution is 2.21. The zero-order valence-electron chi connectivity index (χ0n) is 11.0. The Kier molecular flexibility index (Phi) is 4.12. The van der Waals surface area contributed by atoms with E-state index in [2.05, 4.69) is 10.3 Å². The zero-order valence-corrected chi connectivity index (χ0v) is 11.0. The van der Waals surface area contributed by atoms with Gasteiger partial charge in [-0.2, -0.15) is 0 Å². The van der Waals surface area contributed by atoms with Crippen molar-refractivity contribution in [1.82, 2.24) is 10.3 Å². The Labute approximate surface area is 112 Å². The van der Waals surface area contributed by atoms with E-state index in [1.807, 2.05) is 19.9 Å². The molecular weight excluding hydrogens is 243 g/mol. The van der Waals surface area contributed by atoms with Crippen LogP contribution in [0, 0.1) is 5.82 Å². The summed E-state index contributed by atoms with van der Waals surface area (Å²) in [6, 6.07) is 8.58. The summed E-state index contributed by atoms with van der Waals surface area (Å²) in [6.45, 7) is 3.95. The molecule has 0 aliphatic carbocycles. The highest BCUT2D eigenvalue weighted by Gasteiger charge is 2.12. The summed E-state index contributed by atoms with van der Waals surface area (Å²) in [5.41, 5.74) is 1.78. The molecule has 2 N–H and O–H groups in total. The minimum atomic E-state index is -0.337. The van der Waals surface area contributed by atoms with Crippen LogP contribution in [-0.2, 0) is 0 Å². The maximum absolute atomic E-state index is 13.1. The van der Waals surface area contributed by atoms with Crippen LogP contribution in [0.15, 0.2) is 42.7 Å². The van der Waals surface area contributed by atoms with Crippen LogP contribution < -0.4 is 5.32 Å². The number of phenolic OH excluding ortho intramolecular Hbond substituents is 1. The second-order valence-corrected chi connectivity index (χ2v) is 4.64. The van der Waals surface area contributed by atoms with Crippen LogP contribution in [0.4, 0.5) is 4.39 Å². The molecular formula is C15H17FN2O. The van der Waals surface area contributed by atoms with Crippen LogP contribution in [0.5, 0.6) is 5.75 Å². The summed E-state index contributed by atoms with van der Waals surface area (Å²) >= 11 is 0. The fraction of sp³-hybridized carbons (Fsp3) is 0.267. The molecule has 0 aliphatic rings. The van der Waals surface area contributed by atoms with Gasteiger partial charge in [-0.25, -0.2) is 4.39 Å². The minimum absolute atomic E-state index is 0.0273. The monoisotopic (exact) mass is 260 g/mol. The number of nitrogens with zero attached hydrogens (tertiary/aromatic N) is 1. The SMILES string of the molecule is CC(NC(C)c1cncc(F)c1)c1cccc(O)c1. The number of halogens is 1. The van der Waals surface area contributed by atoms with Crippen LogP contribution in [0.25, 0.3) is 0 Å². The van der Waals surface area contributed by atoms with Crippen molar-refractivity contribution in [3.8, 4) is 5.75 Å². The quantitative estimate of drug-likeness (QED) is 0.886. The van der Waals surface area contributed by atoms with Gasteiger partial charge in [-0.1, -0.05) is 12.1 Å². The van der Waals surface area contributed by atoms with Crippen molar-refractivity contribution < 1.29 is 9.50 Å². The van der Waals surface area contributed by atoms with E-state index in [0.29, 0.717) is 0 Å². The summed E-state index contributed by atoms with van der Waals surface area (Å²) in [4.78, 5) is 3.84. The highest BCUT2D eigenvalue weighted by molar-refractivity contribution is 5.29. The molecule has 0 bridgehead atoms. The van der Waals surface area contributed by atoms with E-state index >= 15 is 0 Å². The van der Waals surface area contributed by atoms with Gasteiger partial charge < -0.3 is 10.4 Å². The molecule has 19 heavy (non-hydrogen) atoms. The Hall–Kier alpha value is -1.94. The van der Waals surface area contributed by atoms with Crippen molar-refractivity contribution in [2.75, 3.05) is 0 Å². The van der Waals surface area contributed by atoms with Gasteiger partial charge in [-0.3, -0.25) is 4.98 Å². The van der Waals surface area contributed by atoms with E-state index in [9.17, 15) is 9.50 Å². The van der Waals surface area contributed by atoms with E-state index in [0.717, 1.165) is 11.1 Å². The maximum atomic E-state index is 13.1.